The standard InChI is InChI=1S/C40H41O16P/c1-45-28-15-7-24(8-16-28)36(41)51-23-32-33(53-37(42)25-9-17-29(46-2)18-10-25)34(54-38(43)26-11-19-30(47-3)20-12-26)35(40(52-32)56-57(49-5)50-6)55-39(44)27-13-21-31(48-4)22-14-27/h7-22,32-35,40H,23H2,1-6H3/t32-,33-,34+,35-,40+/m1/s1. The Bertz CT molecular complexity index is 1930. The quantitative estimate of drug-likeness (QED) is 0.0708. The minimum absolute atomic E-state index is 0.0683. The molecule has 1 fully saturated rings. The van der Waals surface area contributed by atoms with Crippen LogP contribution in [0.4, 0.5) is 0 Å². The topological polar surface area (TPSA) is 179 Å². The van der Waals surface area contributed by atoms with Crippen molar-refractivity contribution in [3.05, 3.63) is 119 Å². The van der Waals surface area contributed by atoms with E-state index in [4.69, 9.17) is 56.2 Å². The number of ether oxygens (including phenoxy) is 9. The van der Waals surface area contributed by atoms with Gasteiger partial charge in [0.1, 0.15) is 35.7 Å². The molecule has 302 valence electrons. The van der Waals surface area contributed by atoms with Crippen LogP contribution in [0.15, 0.2) is 97.1 Å². The number of methoxy groups -OCH3 is 4. The van der Waals surface area contributed by atoms with Crippen LogP contribution < -0.4 is 18.9 Å². The Hall–Kier alpha value is -5.77. The summed E-state index contributed by atoms with van der Waals surface area (Å²) >= 11 is 0. The van der Waals surface area contributed by atoms with Crippen molar-refractivity contribution in [2.24, 2.45) is 0 Å². The van der Waals surface area contributed by atoms with Gasteiger partial charge in [-0.2, -0.15) is 0 Å². The summed E-state index contributed by atoms with van der Waals surface area (Å²) in [4.78, 5) is 54.8. The van der Waals surface area contributed by atoms with Crippen LogP contribution in [0.1, 0.15) is 41.4 Å². The molecule has 0 radical (unpaired) electrons. The van der Waals surface area contributed by atoms with Gasteiger partial charge in [-0.1, -0.05) is 0 Å². The maximum absolute atomic E-state index is 13.9. The minimum atomic E-state index is -2.16. The lowest BCUT2D eigenvalue weighted by molar-refractivity contribution is -0.277. The maximum Gasteiger partial charge on any atom is 0.338 e. The molecule has 57 heavy (non-hydrogen) atoms. The van der Waals surface area contributed by atoms with Crippen LogP contribution in [0, 0.1) is 0 Å². The van der Waals surface area contributed by atoms with Crippen LogP contribution in [-0.4, -0.2) is 104 Å². The lowest BCUT2D eigenvalue weighted by Gasteiger charge is -2.44. The van der Waals surface area contributed by atoms with E-state index in [2.05, 4.69) is 0 Å². The van der Waals surface area contributed by atoms with Crippen molar-refractivity contribution in [3.8, 4) is 23.0 Å². The van der Waals surface area contributed by atoms with Gasteiger partial charge in [0.2, 0.25) is 6.29 Å². The van der Waals surface area contributed by atoms with Crippen LogP contribution in [0.2, 0.25) is 0 Å². The average molecular weight is 809 g/mol. The molecule has 4 aromatic rings. The number of hydrogen-bond acceptors (Lipinski definition) is 16. The van der Waals surface area contributed by atoms with E-state index in [1.807, 2.05) is 0 Å². The van der Waals surface area contributed by atoms with E-state index in [9.17, 15) is 19.2 Å². The van der Waals surface area contributed by atoms with E-state index in [0.29, 0.717) is 23.0 Å². The third-order valence-corrected chi connectivity index (χ3v) is 9.47. The molecule has 16 nitrogen and oxygen atoms in total. The van der Waals surface area contributed by atoms with E-state index in [1.54, 1.807) is 48.5 Å². The van der Waals surface area contributed by atoms with E-state index in [0.717, 1.165) is 0 Å². The zero-order valence-electron chi connectivity index (χ0n) is 31.8. The van der Waals surface area contributed by atoms with Crippen LogP contribution in [-0.2, 0) is 37.3 Å². The van der Waals surface area contributed by atoms with Gasteiger partial charge < -0.3 is 51.7 Å². The Balaban J connectivity index is 1.58. The zero-order chi connectivity index (χ0) is 40.9. The molecular weight excluding hydrogens is 767 g/mol. The molecule has 1 aliphatic rings. The second-order valence-corrected chi connectivity index (χ2v) is 13.2. The number of carbonyl (C=O) groups is 4. The van der Waals surface area contributed by atoms with E-state index < -0.39 is 69.8 Å². The van der Waals surface area contributed by atoms with Crippen molar-refractivity contribution >= 4 is 32.5 Å². The molecule has 0 saturated carbocycles. The van der Waals surface area contributed by atoms with Crippen molar-refractivity contribution in [1.82, 2.24) is 0 Å². The summed E-state index contributed by atoms with van der Waals surface area (Å²) < 4.78 is 67.6. The number of carbonyl (C=O) groups excluding carboxylic acids is 4. The Morgan fingerprint density at radius 3 is 1.16 bits per heavy atom. The third kappa shape index (κ3) is 11.0. The lowest BCUT2D eigenvalue weighted by Crippen LogP contribution is -2.63. The van der Waals surface area contributed by atoms with Crippen LogP contribution in [0.3, 0.4) is 0 Å². The molecule has 17 heteroatoms. The normalized spacial score (nSPS) is 18.8. The molecule has 1 heterocycles. The van der Waals surface area contributed by atoms with Gasteiger partial charge in [-0.15, -0.1) is 0 Å². The lowest BCUT2D eigenvalue weighted by atomic mass is 9.97. The van der Waals surface area contributed by atoms with Crippen LogP contribution in [0.25, 0.3) is 0 Å². The zero-order valence-corrected chi connectivity index (χ0v) is 32.7. The highest BCUT2D eigenvalue weighted by Gasteiger charge is 2.54. The fourth-order valence-electron chi connectivity index (χ4n) is 5.47. The monoisotopic (exact) mass is 808 g/mol. The van der Waals surface area contributed by atoms with Crippen molar-refractivity contribution < 1.29 is 75.4 Å². The van der Waals surface area contributed by atoms with E-state index in [-0.39, 0.29) is 22.3 Å². The molecule has 5 rings (SSSR count). The second-order valence-electron chi connectivity index (χ2n) is 11.9. The van der Waals surface area contributed by atoms with Crippen molar-refractivity contribution in [1.29, 1.82) is 0 Å². The smallest absolute Gasteiger partial charge is 0.338 e. The molecule has 5 atom stereocenters. The SMILES string of the molecule is COc1ccc(C(=O)OC[C@H]2O[C@@H](OP(OC)OC)[C@H](OC(=O)c3ccc(OC)cc3)[C@@H](OC(=O)c3ccc(OC)cc3)[C@@H]2OC(=O)c2ccc(OC)cc2)cc1. The summed E-state index contributed by atoms with van der Waals surface area (Å²) in [6.45, 7) is -0.571. The van der Waals surface area contributed by atoms with E-state index >= 15 is 0 Å². The number of rotatable bonds is 17. The number of hydrogen-bond donors (Lipinski definition) is 0. The van der Waals surface area contributed by atoms with Gasteiger partial charge in [0.05, 0.1) is 50.7 Å². The van der Waals surface area contributed by atoms with Crippen molar-refractivity contribution in [2.45, 2.75) is 30.7 Å². The van der Waals surface area contributed by atoms with Gasteiger partial charge in [-0.05, 0) is 97.1 Å². The molecule has 1 saturated heterocycles. The van der Waals surface area contributed by atoms with Gasteiger partial charge in [-0.25, -0.2) is 19.2 Å². The largest absolute Gasteiger partial charge is 0.497 e. The van der Waals surface area contributed by atoms with Crippen LogP contribution in [0.5, 0.6) is 23.0 Å². The summed E-state index contributed by atoms with van der Waals surface area (Å²) in [5.74, 6) is -1.53. The van der Waals surface area contributed by atoms with Crippen LogP contribution >= 0.6 is 8.60 Å². The fraction of sp³-hybridized carbons (Fsp3) is 0.300. The molecule has 1 aliphatic heterocycles. The second kappa shape index (κ2) is 20.4. The summed E-state index contributed by atoms with van der Waals surface area (Å²) in [7, 11) is 6.35. The molecule has 0 aliphatic carbocycles. The molecule has 0 N–H and O–H groups in total. The molecule has 0 bridgehead atoms. The summed E-state index contributed by atoms with van der Waals surface area (Å²) in [6.07, 6.45) is -7.95. The molecule has 4 aromatic carbocycles. The molecular formula is C40H41O16P. The predicted octanol–water partition coefficient (Wildman–Crippen LogP) is 5.82. The van der Waals surface area contributed by atoms with Gasteiger partial charge >= 0.3 is 32.5 Å². The van der Waals surface area contributed by atoms with Crippen molar-refractivity contribution in [3.63, 3.8) is 0 Å². The Morgan fingerprint density at radius 2 is 0.807 bits per heavy atom. The fourth-order valence-corrected chi connectivity index (χ4v) is 6.13. The molecule has 0 amide bonds. The minimum Gasteiger partial charge on any atom is -0.497 e. The first kappa shape index (κ1) is 42.4. The highest BCUT2D eigenvalue weighted by Crippen LogP contribution is 2.43. The van der Waals surface area contributed by atoms with E-state index in [1.165, 1.54) is 91.2 Å². The molecule has 0 spiro atoms. The highest BCUT2D eigenvalue weighted by atomic mass is 31.2. The summed E-state index contributed by atoms with van der Waals surface area (Å²) in [6, 6.07) is 24.1. The van der Waals surface area contributed by atoms with Gasteiger partial charge in [0.15, 0.2) is 18.3 Å². The third-order valence-electron chi connectivity index (χ3n) is 8.49. The van der Waals surface area contributed by atoms with Crippen molar-refractivity contribution in [2.75, 3.05) is 49.3 Å². The number of benzene rings is 4. The summed E-state index contributed by atoms with van der Waals surface area (Å²) in [5.41, 5.74) is 0.399. The highest BCUT2D eigenvalue weighted by molar-refractivity contribution is 7.41. The Kier molecular flexibility index (Phi) is 15.2. The first-order chi connectivity index (χ1) is 27.6. The summed E-state index contributed by atoms with van der Waals surface area (Å²) in [5, 5.41) is 0. The first-order valence-electron chi connectivity index (χ1n) is 17.2. The predicted molar refractivity (Wildman–Crippen MR) is 201 cm³/mol. The maximum atomic E-state index is 13.9. The van der Waals surface area contributed by atoms with Gasteiger partial charge in [-0.3, -0.25) is 4.52 Å². The number of esters is 4. The Labute approximate surface area is 329 Å². The first-order valence-corrected chi connectivity index (χ1v) is 18.3. The Morgan fingerprint density at radius 1 is 0.474 bits per heavy atom. The van der Waals surface area contributed by atoms with Gasteiger partial charge in [0, 0.05) is 14.2 Å². The average Bonchev–Trinajstić information content (AvgIpc) is 3.26. The molecule has 0 unspecified atom stereocenters. The van der Waals surface area contributed by atoms with Gasteiger partial charge in [0.25, 0.3) is 0 Å². The molecule has 0 aromatic heterocycles.